The molecule has 0 atom stereocenters. The molecule has 0 N–H and O–H groups in total. The van der Waals surface area contributed by atoms with Crippen molar-refractivity contribution >= 4 is 38.1 Å². The number of hydrogen-bond acceptors (Lipinski definition) is 0. The van der Waals surface area contributed by atoms with Crippen LogP contribution in [0.2, 0.25) is 0 Å². The maximum atomic E-state index is 2.56. The molecule has 2 aromatic heterocycles. The number of para-hydroxylation sites is 1. The van der Waals surface area contributed by atoms with Crippen molar-refractivity contribution in [2.24, 2.45) is 0 Å². The van der Waals surface area contributed by atoms with Gasteiger partial charge in [0.2, 0.25) is 0 Å². The predicted octanol–water partition coefficient (Wildman–Crippen LogP) is 9.45. The summed E-state index contributed by atoms with van der Waals surface area (Å²) < 4.78 is 2.56. The van der Waals surface area contributed by atoms with Gasteiger partial charge in [-0.25, -0.2) is 0 Å². The van der Waals surface area contributed by atoms with Crippen LogP contribution in [-0.2, 0) is 10.8 Å². The largest absolute Gasteiger partial charge is 0.308 e. The highest BCUT2D eigenvalue weighted by Crippen LogP contribution is 2.56. The molecular weight excluding hydrogens is 446 g/mol. The van der Waals surface area contributed by atoms with Crippen LogP contribution in [0.15, 0.2) is 91.0 Å². The molecule has 0 aliphatic heterocycles. The van der Waals surface area contributed by atoms with Gasteiger partial charge in [-0.15, -0.1) is 0 Å². The summed E-state index contributed by atoms with van der Waals surface area (Å²) in [5.74, 6) is 0. The van der Waals surface area contributed by atoms with E-state index in [2.05, 4.69) is 123 Å². The summed E-state index contributed by atoms with van der Waals surface area (Å²) in [6.07, 6.45) is 0. The maximum Gasteiger partial charge on any atom is 0.0626 e. The van der Waals surface area contributed by atoms with Crippen LogP contribution in [-0.4, -0.2) is 4.40 Å². The third-order valence-electron chi connectivity index (χ3n) is 9.71. The lowest BCUT2D eigenvalue weighted by Crippen LogP contribution is -2.14. The SMILES string of the molecule is CC1(C)c2ccccc2-c2cc3c4cc5c(c6c7ccccc7n(c3cc21)c46)-c1ccccc1C5(C)C. The molecule has 5 aromatic carbocycles. The fraction of sp³-hybridized carbons (Fsp3) is 0.167. The summed E-state index contributed by atoms with van der Waals surface area (Å²) in [7, 11) is 0. The van der Waals surface area contributed by atoms with E-state index in [1.54, 1.807) is 0 Å². The van der Waals surface area contributed by atoms with Gasteiger partial charge in [0, 0.05) is 32.4 Å². The average molecular weight is 474 g/mol. The van der Waals surface area contributed by atoms with Gasteiger partial charge in [-0.05, 0) is 68.8 Å². The molecule has 0 unspecified atom stereocenters. The molecule has 0 saturated heterocycles. The molecule has 0 bridgehead atoms. The summed E-state index contributed by atoms with van der Waals surface area (Å²) in [4.78, 5) is 0. The molecule has 0 saturated carbocycles. The normalized spacial score (nSPS) is 16.5. The van der Waals surface area contributed by atoms with Crippen molar-refractivity contribution in [2.45, 2.75) is 38.5 Å². The third-order valence-corrected chi connectivity index (χ3v) is 9.71. The number of hydrogen-bond donors (Lipinski definition) is 0. The van der Waals surface area contributed by atoms with Crippen LogP contribution < -0.4 is 0 Å². The maximum absolute atomic E-state index is 2.56. The second-order valence-corrected chi connectivity index (χ2v) is 12.2. The molecule has 9 rings (SSSR count). The second kappa shape index (κ2) is 6.06. The van der Waals surface area contributed by atoms with Crippen molar-refractivity contribution in [1.29, 1.82) is 0 Å². The van der Waals surface area contributed by atoms with Gasteiger partial charge in [0.1, 0.15) is 0 Å². The van der Waals surface area contributed by atoms with E-state index < -0.39 is 0 Å². The number of fused-ring (bicyclic) bond motifs is 13. The molecule has 0 fully saturated rings. The van der Waals surface area contributed by atoms with E-state index in [-0.39, 0.29) is 10.8 Å². The summed E-state index contributed by atoms with van der Waals surface area (Å²) in [6, 6.07) is 34.6. The van der Waals surface area contributed by atoms with Crippen LogP contribution in [0.25, 0.3) is 60.3 Å². The monoisotopic (exact) mass is 473 g/mol. The van der Waals surface area contributed by atoms with Crippen molar-refractivity contribution in [3.05, 3.63) is 113 Å². The molecule has 2 aliphatic carbocycles. The highest BCUT2D eigenvalue weighted by molar-refractivity contribution is 6.28. The van der Waals surface area contributed by atoms with E-state index in [1.807, 2.05) is 0 Å². The lowest BCUT2D eigenvalue weighted by Gasteiger charge is -2.21. The van der Waals surface area contributed by atoms with E-state index in [4.69, 9.17) is 0 Å². The van der Waals surface area contributed by atoms with Crippen molar-refractivity contribution in [1.82, 2.24) is 4.40 Å². The Balaban J connectivity index is 1.55. The van der Waals surface area contributed by atoms with Crippen LogP contribution in [0, 0.1) is 0 Å². The minimum absolute atomic E-state index is 0.0134. The lowest BCUT2D eigenvalue weighted by molar-refractivity contribution is 0.661. The zero-order chi connectivity index (χ0) is 24.8. The van der Waals surface area contributed by atoms with Gasteiger partial charge in [-0.2, -0.15) is 0 Å². The van der Waals surface area contributed by atoms with Crippen molar-refractivity contribution in [2.75, 3.05) is 0 Å². The average Bonchev–Trinajstić information content (AvgIpc) is 3.56. The highest BCUT2D eigenvalue weighted by Gasteiger charge is 2.40. The summed E-state index contributed by atoms with van der Waals surface area (Å²) in [5, 5.41) is 5.52. The number of nitrogens with zero attached hydrogens (tertiary/aromatic N) is 1. The molecule has 176 valence electrons. The molecule has 37 heavy (non-hydrogen) atoms. The van der Waals surface area contributed by atoms with Crippen molar-refractivity contribution in [3.8, 4) is 22.3 Å². The fourth-order valence-corrected chi connectivity index (χ4v) is 7.92. The Morgan fingerprint density at radius 3 is 1.95 bits per heavy atom. The van der Waals surface area contributed by atoms with E-state index >= 15 is 0 Å². The smallest absolute Gasteiger partial charge is 0.0626 e. The first-order chi connectivity index (χ1) is 17.9. The standard InChI is InChI=1S/C36H27N/c1-35(2)26-14-8-5-11-20(26)23-17-24-25-18-29-32(21-12-6-9-15-27(21)36(29,3)4)33-22-13-7-10-16-30(22)37(34(25)33)31(24)19-28(23)35/h5-19H,1-4H3. The van der Waals surface area contributed by atoms with Gasteiger partial charge < -0.3 is 4.40 Å². The molecule has 0 spiro atoms. The fourth-order valence-electron chi connectivity index (χ4n) is 7.92. The van der Waals surface area contributed by atoms with E-state index in [9.17, 15) is 0 Å². The zero-order valence-corrected chi connectivity index (χ0v) is 21.6. The number of benzene rings is 5. The molecule has 1 heteroatoms. The summed E-state index contributed by atoms with van der Waals surface area (Å²) in [5.41, 5.74) is 15.3. The first-order valence-electron chi connectivity index (χ1n) is 13.4. The second-order valence-electron chi connectivity index (χ2n) is 12.2. The van der Waals surface area contributed by atoms with Crippen molar-refractivity contribution in [3.63, 3.8) is 0 Å². The van der Waals surface area contributed by atoms with Crippen LogP contribution in [0.4, 0.5) is 0 Å². The lowest BCUT2D eigenvalue weighted by atomic mass is 9.81. The van der Waals surface area contributed by atoms with Gasteiger partial charge in [-0.3, -0.25) is 0 Å². The Kier molecular flexibility index (Phi) is 3.28. The molecule has 7 aromatic rings. The zero-order valence-electron chi connectivity index (χ0n) is 21.6. The highest BCUT2D eigenvalue weighted by atomic mass is 14.9. The Bertz CT molecular complexity index is 2130. The molecule has 2 aliphatic rings. The Labute approximate surface area is 216 Å². The quantitative estimate of drug-likeness (QED) is 0.207. The predicted molar refractivity (Wildman–Crippen MR) is 156 cm³/mol. The van der Waals surface area contributed by atoms with Gasteiger partial charge in [0.05, 0.1) is 16.6 Å². The Hall–Kier alpha value is -4.10. The molecule has 2 heterocycles. The minimum Gasteiger partial charge on any atom is -0.308 e. The van der Waals surface area contributed by atoms with Gasteiger partial charge >= 0.3 is 0 Å². The summed E-state index contributed by atoms with van der Waals surface area (Å²) in [6.45, 7) is 9.55. The minimum atomic E-state index is -0.0338. The molecule has 0 radical (unpaired) electrons. The van der Waals surface area contributed by atoms with E-state index in [0.717, 1.165) is 0 Å². The number of rotatable bonds is 0. The van der Waals surface area contributed by atoms with Gasteiger partial charge in [0.25, 0.3) is 0 Å². The van der Waals surface area contributed by atoms with Crippen LogP contribution >= 0.6 is 0 Å². The van der Waals surface area contributed by atoms with Crippen LogP contribution in [0.5, 0.6) is 0 Å². The van der Waals surface area contributed by atoms with Gasteiger partial charge in [-0.1, -0.05) is 94.4 Å². The first kappa shape index (κ1) is 20.0. The van der Waals surface area contributed by atoms with E-state index in [0.29, 0.717) is 0 Å². The van der Waals surface area contributed by atoms with E-state index in [1.165, 1.54) is 82.6 Å². The number of aromatic nitrogens is 1. The Morgan fingerprint density at radius 2 is 1.14 bits per heavy atom. The van der Waals surface area contributed by atoms with Crippen LogP contribution in [0.1, 0.15) is 49.9 Å². The third kappa shape index (κ3) is 2.09. The summed E-state index contributed by atoms with van der Waals surface area (Å²) >= 11 is 0. The molecule has 1 nitrogen and oxygen atoms in total. The molecular formula is C36H27N. The van der Waals surface area contributed by atoms with Crippen molar-refractivity contribution < 1.29 is 0 Å². The topological polar surface area (TPSA) is 4.41 Å². The van der Waals surface area contributed by atoms with Gasteiger partial charge in [0.15, 0.2) is 0 Å². The van der Waals surface area contributed by atoms with Crippen LogP contribution in [0.3, 0.4) is 0 Å². The molecule has 0 amide bonds. The Morgan fingerprint density at radius 1 is 0.486 bits per heavy atom. The first-order valence-corrected chi connectivity index (χ1v) is 13.4.